The number of hydrogen-bond acceptors (Lipinski definition) is 8. The Morgan fingerprint density at radius 3 is 2.75 bits per heavy atom. The summed E-state index contributed by atoms with van der Waals surface area (Å²) in [6.45, 7) is 0.974. The van der Waals surface area contributed by atoms with Gasteiger partial charge in [-0.25, -0.2) is 9.66 Å². The number of nitrogens with two attached hydrogens (primary N) is 1. The van der Waals surface area contributed by atoms with E-state index in [9.17, 15) is 9.59 Å². The van der Waals surface area contributed by atoms with Crippen molar-refractivity contribution >= 4 is 44.9 Å². The molecule has 1 amide bonds. The first-order valence-corrected chi connectivity index (χ1v) is 11.6. The van der Waals surface area contributed by atoms with Gasteiger partial charge in [0.15, 0.2) is 16.7 Å². The van der Waals surface area contributed by atoms with Crippen molar-refractivity contribution in [3.8, 4) is 22.6 Å². The van der Waals surface area contributed by atoms with E-state index in [1.54, 1.807) is 18.2 Å². The number of nitrogens with zero attached hydrogens (tertiary/aromatic N) is 2. The summed E-state index contributed by atoms with van der Waals surface area (Å²) in [5, 5.41) is 5.47. The fourth-order valence-corrected chi connectivity index (χ4v) is 5.07. The minimum absolute atomic E-state index is 0.0422. The second-order valence-electron chi connectivity index (χ2n) is 6.96. The van der Waals surface area contributed by atoms with Gasteiger partial charge in [-0.2, -0.15) is 0 Å². The topological polar surface area (TPSA) is 108 Å². The van der Waals surface area contributed by atoms with E-state index in [0.717, 1.165) is 27.6 Å². The third-order valence-corrected chi connectivity index (χ3v) is 6.68. The summed E-state index contributed by atoms with van der Waals surface area (Å²) >= 11 is 2.48. The summed E-state index contributed by atoms with van der Waals surface area (Å²) in [7, 11) is 0. The van der Waals surface area contributed by atoms with Gasteiger partial charge in [0.05, 0.1) is 11.1 Å². The van der Waals surface area contributed by atoms with Crippen LogP contribution in [-0.2, 0) is 4.79 Å². The van der Waals surface area contributed by atoms with Crippen molar-refractivity contribution in [3.05, 3.63) is 64.3 Å². The molecule has 162 valence electrons. The van der Waals surface area contributed by atoms with Gasteiger partial charge < -0.3 is 20.6 Å². The number of carbonyl (C=O) groups is 1. The van der Waals surface area contributed by atoms with Crippen LogP contribution in [0.3, 0.4) is 0 Å². The summed E-state index contributed by atoms with van der Waals surface area (Å²) in [6, 6.07) is 14.8. The number of amides is 1. The maximum atomic E-state index is 12.9. The number of fused-ring (bicyclic) bond motifs is 2. The molecule has 0 saturated carbocycles. The van der Waals surface area contributed by atoms with Crippen molar-refractivity contribution in [2.45, 2.75) is 5.16 Å². The van der Waals surface area contributed by atoms with Gasteiger partial charge >= 0.3 is 0 Å². The molecule has 0 spiro atoms. The summed E-state index contributed by atoms with van der Waals surface area (Å²) in [6.07, 6.45) is 0. The molecule has 0 atom stereocenters. The highest BCUT2D eigenvalue weighted by Crippen LogP contribution is 2.33. The summed E-state index contributed by atoms with van der Waals surface area (Å²) in [5.41, 5.74) is 1.98. The van der Waals surface area contributed by atoms with Crippen molar-refractivity contribution in [3.63, 3.8) is 0 Å². The predicted octanol–water partition coefficient (Wildman–Crippen LogP) is 3.34. The van der Waals surface area contributed by atoms with Crippen molar-refractivity contribution < 1.29 is 14.3 Å². The molecule has 0 saturated heterocycles. The number of hydrogen-bond donors (Lipinski definition) is 2. The first kappa shape index (κ1) is 20.4. The molecular weight excluding hydrogens is 448 g/mol. The lowest BCUT2D eigenvalue weighted by atomic mass is 10.1. The lowest BCUT2D eigenvalue weighted by molar-refractivity contribution is -0.113. The molecule has 32 heavy (non-hydrogen) atoms. The molecule has 0 fully saturated rings. The molecule has 10 heteroatoms. The normalized spacial score (nSPS) is 12.6. The van der Waals surface area contributed by atoms with Gasteiger partial charge in [-0.05, 0) is 17.7 Å². The maximum Gasteiger partial charge on any atom is 0.282 e. The van der Waals surface area contributed by atoms with Crippen LogP contribution >= 0.6 is 23.1 Å². The molecule has 2 aromatic carbocycles. The molecule has 0 radical (unpaired) electrons. The second-order valence-corrected chi connectivity index (χ2v) is 8.76. The quantitative estimate of drug-likeness (QED) is 0.264. The molecule has 5 rings (SSSR count). The summed E-state index contributed by atoms with van der Waals surface area (Å²) in [4.78, 5) is 30.5. The Hall–Kier alpha value is -3.50. The molecule has 2 aromatic heterocycles. The van der Waals surface area contributed by atoms with Gasteiger partial charge in [0.1, 0.15) is 18.0 Å². The van der Waals surface area contributed by atoms with Gasteiger partial charge in [-0.3, -0.25) is 9.59 Å². The minimum atomic E-state index is -0.343. The van der Waals surface area contributed by atoms with Crippen LogP contribution in [0.4, 0.5) is 5.69 Å². The van der Waals surface area contributed by atoms with E-state index < -0.39 is 0 Å². The van der Waals surface area contributed by atoms with Gasteiger partial charge in [0, 0.05) is 22.7 Å². The van der Waals surface area contributed by atoms with Gasteiger partial charge in [-0.1, -0.05) is 42.1 Å². The Morgan fingerprint density at radius 1 is 1.16 bits per heavy atom. The highest BCUT2D eigenvalue weighted by molar-refractivity contribution is 7.99. The zero-order valence-corrected chi connectivity index (χ0v) is 18.4. The monoisotopic (exact) mass is 466 g/mol. The van der Waals surface area contributed by atoms with E-state index in [1.165, 1.54) is 11.3 Å². The van der Waals surface area contributed by atoms with Crippen molar-refractivity contribution in [2.75, 3.05) is 30.1 Å². The molecule has 8 nitrogen and oxygen atoms in total. The fraction of sp³-hybridized carbons (Fsp3) is 0.136. The second kappa shape index (κ2) is 8.56. The van der Waals surface area contributed by atoms with Crippen molar-refractivity contribution in [1.82, 2.24) is 9.66 Å². The van der Waals surface area contributed by atoms with E-state index in [4.69, 9.17) is 15.3 Å². The standard InChI is InChI=1S/C22H18N4O4S2/c23-26-21(28)19-15(13-4-2-1-3-5-13)11-31-20(19)25-22(26)32-12-18(27)24-14-6-7-16-17(10-14)30-9-8-29-16/h1-7,10-11H,8-9,12,23H2,(H,24,27). The fourth-order valence-electron chi connectivity index (χ4n) is 3.36. The predicted molar refractivity (Wildman–Crippen MR) is 126 cm³/mol. The van der Waals surface area contributed by atoms with E-state index in [1.807, 2.05) is 35.7 Å². The molecule has 3 heterocycles. The molecule has 4 aromatic rings. The Balaban J connectivity index is 1.33. The summed E-state index contributed by atoms with van der Waals surface area (Å²) < 4.78 is 12.0. The van der Waals surface area contributed by atoms with Gasteiger partial charge in [0.2, 0.25) is 5.91 Å². The highest BCUT2D eigenvalue weighted by Gasteiger charge is 2.18. The molecule has 0 aliphatic carbocycles. The van der Waals surface area contributed by atoms with Crippen LogP contribution in [-0.4, -0.2) is 34.5 Å². The van der Waals surface area contributed by atoms with Crippen LogP contribution < -0.4 is 26.2 Å². The lowest BCUT2D eigenvalue weighted by Crippen LogP contribution is -2.30. The van der Waals surface area contributed by atoms with Crippen LogP contribution in [0.5, 0.6) is 11.5 Å². The zero-order valence-electron chi connectivity index (χ0n) is 16.7. The number of ether oxygens (including phenoxy) is 2. The molecule has 0 bridgehead atoms. The highest BCUT2D eigenvalue weighted by atomic mass is 32.2. The van der Waals surface area contributed by atoms with E-state index >= 15 is 0 Å². The Kier molecular flexibility index (Phi) is 5.46. The molecule has 3 N–H and O–H groups in total. The van der Waals surface area contributed by atoms with Crippen LogP contribution in [0, 0.1) is 0 Å². The molecule has 1 aliphatic rings. The first-order valence-electron chi connectivity index (χ1n) is 9.77. The number of nitrogen functional groups attached to an aromatic ring is 1. The number of thiophene rings is 1. The van der Waals surface area contributed by atoms with Crippen LogP contribution in [0.15, 0.2) is 63.9 Å². The maximum absolute atomic E-state index is 12.9. The van der Waals surface area contributed by atoms with Gasteiger partial charge in [0.25, 0.3) is 5.56 Å². The Bertz CT molecular complexity index is 1370. The summed E-state index contributed by atoms with van der Waals surface area (Å²) in [5.74, 6) is 7.07. The third kappa shape index (κ3) is 3.90. The number of carbonyl (C=O) groups excluding carboxylic acids is 1. The Morgan fingerprint density at radius 2 is 1.94 bits per heavy atom. The Labute approximate surface area is 191 Å². The molecule has 1 aliphatic heterocycles. The lowest BCUT2D eigenvalue weighted by Gasteiger charge is -2.19. The number of thioether (sulfide) groups is 1. The number of aromatic nitrogens is 2. The number of rotatable bonds is 5. The third-order valence-electron chi connectivity index (χ3n) is 4.85. The smallest absolute Gasteiger partial charge is 0.282 e. The number of anilines is 1. The molecular formula is C22H18N4O4S2. The van der Waals surface area contributed by atoms with E-state index in [2.05, 4.69) is 10.3 Å². The minimum Gasteiger partial charge on any atom is -0.486 e. The first-order chi connectivity index (χ1) is 15.6. The SMILES string of the molecule is Nn1c(SCC(=O)Nc2ccc3c(c2)OCCO3)nc2scc(-c3ccccc3)c2c1=O. The van der Waals surface area contributed by atoms with Crippen LogP contribution in [0.1, 0.15) is 0 Å². The average molecular weight is 467 g/mol. The zero-order chi connectivity index (χ0) is 22.1. The van der Waals surface area contributed by atoms with E-state index in [0.29, 0.717) is 40.6 Å². The van der Waals surface area contributed by atoms with Crippen molar-refractivity contribution in [2.24, 2.45) is 0 Å². The van der Waals surface area contributed by atoms with Gasteiger partial charge in [-0.15, -0.1) is 11.3 Å². The largest absolute Gasteiger partial charge is 0.486 e. The van der Waals surface area contributed by atoms with E-state index in [-0.39, 0.29) is 22.4 Å². The number of benzene rings is 2. The van der Waals surface area contributed by atoms with Crippen LogP contribution in [0.2, 0.25) is 0 Å². The van der Waals surface area contributed by atoms with Crippen LogP contribution in [0.25, 0.3) is 21.3 Å². The number of nitrogens with one attached hydrogen (secondary N) is 1. The van der Waals surface area contributed by atoms with Crippen molar-refractivity contribution in [1.29, 1.82) is 0 Å². The average Bonchev–Trinajstić information content (AvgIpc) is 3.25. The molecule has 0 unspecified atom stereocenters.